The molecule has 1 aromatic rings. The molecular formula is C17H29N. The van der Waals surface area contributed by atoms with E-state index < -0.39 is 0 Å². The van der Waals surface area contributed by atoms with Crippen molar-refractivity contribution in [3.8, 4) is 0 Å². The predicted octanol–water partition coefficient (Wildman–Crippen LogP) is 4.20. The summed E-state index contributed by atoms with van der Waals surface area (Å²) in [6.07, 6.45) is 2.36. The fourth-order valence-corrected chi connectivity index (χ4v) is 2.31. The molecule has 1 unspecified atom stereocenters. The maximum atomic E-state index is 3.59. The number of aryl methyl sites for hydroxylation is 1. The van der Waals surface area contributed by atoms with Gasteiger partial charge in [-0.05, 0) is 43.2 Å². The predicted molar refractivity (Wildman–Crippen MR) is 81.0 cm³/mol. The van der Waals surface area contributed by atoms with Gasteiger partial charge in [0.1, 0.15) is 0 Å². The fraction of sp³-hybridized carbons (Fsp3) is 0.647. The second-order valence-corrected chi connectivity index (χ2v) is 6.15. The molecule has 0 aliphatic heterocycles. The molecule has 0 spiro atoms. The largest absolute Gasteiger partial charge is 0.316 e. The molecule has 0 saturated heterocycles. The van der Waals surface area contributed by atoms with Gasteiger partial charge in [-0.3, -0.25) is 0 Å². The quantitative estimate of drug-likeness (QED) is 0.712. The highest BCUT2D eigenvalue weighted by molar-refractivity contribution is 5.23. The smallest absolute Gasteiger partial charge is 0.00108 e. The van der Waals surface area contributed by atoms with E-state index in [0.717, 1.165) is 19.5 Å². The van der Waals surface area contributed by atoms with Gasteiger partial charge < -0.3 is 5.32 Å². The van der Waals surface area contributed by atoms with Crippen LogP contribution in [0.2, 0.25) is 0 Å². The van der Waals surface area contributed by atoms with Crippen LogP contribution in [0, 0.1) is 18.3 Å². The van der Waals surface area contributed by atoms with Crippen molar-refractivity contribution >= 4 is 0 Å². The van der Waals surface area contributed by atoms with Crippen LogP contribution in [0.4, 0.5) is 0 Å². The molecular weight excluding hydrogens is 218 g/mol. The Kier molecular flexibility index (Phi) is 5.87. The fourth-order valence-electron chi connectivity index (χ4n) is 2.31. The highest BCUT2D eigenvalue weighted by Crippen LogP contribution is 2.30. The molecule has 1 rings (SSSR count). The first-order valence-corrected chi connectivity index (χ1v) is 7.24. The minimum Gasteiger partial charge on any atom is -0.316 e. The molecule has 0 saturated carbocycles. The van der Waals surface area contributed by atoms with Gasteiger partial charge in [0.2, 0.25) is 0 Å². The maximum absolute atomic E-state index is 3.59. The van der Waals surface area contributed by atoms with E-state index in [-0.39, 0.29) is 0 Å². The molecule has 0 amide bonds. The van der Waals surface area contributed by atoms with Crippen LogP contribution in [0.5, 0.6) is 0 Å². The first kappa shape index (κ1) is 15.2. The van der Waals surface area contributed by atoms with Crippen molar-refractivity contribution in [3.05, 3.63) is 35.4 Å². The zero-order valence-corrected chi connectivity index (χ0v) is 12.7. The van der Waals surface area contributed by atoms with Gasteiger partial charge in [-0.1, -0.05) is 57.5 Å². The third-order valence-corrected chi connectivity index (χ3v) is 4.04. The Balaban J connectivity index is 2.72. The van der Waals surface area contributed by atoms with E-state index in [9.17, 15) is 0 Å². The normalized spacial score (nSPS) is 14.8. The van der Waals surface area contributed by atoms with Gasteiger partial charge in [0.25, 0.3) is 0 Å². The Morgan fingerprint density at radius 1 is 1.28 bits per heavy atom. The van der Waals surface area contributed by atoms with Crippen LogP contribution in [-0.2, 0) is 6.42 Å². The van der Waals surface area contributed by atoms with E-state index in [2.05, 4.69) is 64.2 Å². The van der Waals surface area contributed by atoms with Crippen molar-refractivity contribution < 1.29 is 0 Å². The van der Waals surface area contributed by atoms with E-state index >= 15 is 0 Å². The first-order chi connectivity index (χ1) is 8.48. The van der Waals surface area contributed by atoms with Crippen LogP contribution in [0.3, 0.4) is 0 Å². The van der Waals surface area contributed by atoms with Gasteiger partial charge in [0.05, 0.1) is 0 Å². The summed E-state index contributed by atoms with van der Waals surface area (Å²) in [7, 11) is 0. The topological polar surface area (TPSA) is 12.0 Å². The summed E-state index contributed by atoms with van der Waals surface area (Å²) in [4.78, 5) is 0. The van der Waals surface area contributed by atoms with Crippen LogP contribution in [0.25, 0.3) is 0 Å². The van der Waals surface area contributed by atoms with Crippen molar-refractivity contribution in [3.63, 3.8) is 0 Å². The molecule has 0 aromatic heterocycles. The summed E-state index contributed by atoms with van der Waals surface area (Å²) in [6, 6.07) is 8.92. The highest BCUT2D eigenvalue weighted by Gasteiger charge is 2.28. The molecule has 18 heavy (non-hydrogen) atoms. The summed E-state index contributed by atoms with van der Waals surface area (Å²) in [5.74, 6) is 0.683. The monoisotopic (exact) mass is 247 g/mol. The zero-order chi connectivity index (χ0) is 13.6. The second-order valence-electron chi connectivity index (χ2n) is 6.15. The Labute approximate surface area is 113 Å². The molecule has 0 aliphatic carbocycles. The van der Waals surface area contributed by atoms with Gasteiger partial charge in [0, 0.05) is 6.54 Å². The molecule has 0 radical (unpaired) electrons. The average Bonchev–Trinajstić information content (AvgIpc) is 2.29. The number of benzene rings is 1. The molecule has 1 N–H and O–H groups in total. The summed E-state index contributed by atoms with van der Waals surface area (Å²) >= 11 is 0. The van der Waals surface area contributed by atoms with E-state index in [4.69, 9.17) is 0 Å². The number of hydrogen-bond donors (Lipinski definition) is 1. The van der Waals surface area contributed by atoms with E-state index in [1.165, 1.54) is 17.5 Å². The van der Waals surface area contributed by atoms with Crippen molar-refractivity contribution in [2.24, 2.45) is 11.3 Å². The van der Waals surface area contributed by atoms with Gasteiger partial charge >= 0.3 is 0 Å². The lowest BCUT2D eigenvalue weighted by Crippen LogP contribution is -2.38. The SMILES string of the molecule is CCCNCC(C)(Cc1cccc(C)c1)C(C)C. The van der Waals surface area contributed by atoms with Crippen molar-refractivity contribution in [2.75, 3.05) is 13.1 Å². The van der Waals surface area contributed by atoms with Crippen LogP contribution in [0.15, 0.2) is 24.3 Å². The van der Waals surface area contributed by atoms with Gasteiger partial charge in [0.15, 0.2) is 0 Å². The first-order valence-electron chi connectivity index (χ1n) is 7.24. The molecule has 102 valence electrons. The van der Waals surface area contributed by atoms with Crippen molar-refractivity contribution in [1.82, 2.24) is 5.32 Å². The van der Waals surface area contributed by atoms with Crippen molar-refractivity contribution in [2.45, 2.75) is 47.5 Å². The zero-order valence-electron chi connectivity index (χ0n) is 12.7. The standard InChI is InChI=1S/C17H29N/c1-6-10-18-13-17(5,14(2)3)12-16-9-7-8-15(4)11-16/h7-9,11,14,18H,6,10,12-13H2,1-5H3. The molecule has 1 atom stereocenters. The third-order valence-electron chi connectivity index (χ3n) is 4.04. The second kappa shape index (κ2) is 6.94. The van der Waals surface area contributed by atoms with E-state index in [0.29, 0.717) is 11.3 Å². The van der Waals surface area contributed by atoms with Crippen LogP contribution in [-0.4, -0.2) is 13.1 Å². The Morgan fingerprint density at radius 2 is 2.00 bits per heavy atom. The van der Waals surface area contributed by atoms with Crippen LogP contribution < -0.4 is 5.32 Å². The van der Waals surface area contributed by atoms with E-state index in [1.807, 2.05) is 0 Å². The Morgan fingerprint density at radius 3 is 2.56 bits per heavy atom. The molecule has 1 aromatic carbocycles. The van der Waals surface area contributed by atoms with Crippen molar-refractivity contribution in [1.29, 1.82) is 0 Å². The Bertz CT molecular complexity index is 356. The summed E-state index contributed by atoms with van der Waals surface area (Å²) in [5.41, 5.74) is 3.16. The summed E-state index contributed by atoms with van der Waals surface area (Å²) < 4.78 is 0. The number of nitrogens with one attached hydrogen (secondary N) is 1. The highest BCUT2D eigenvalue weighted by atomic mass is 14.9. The lowest BCUT2D eigenvalue weighted by atomic mass is 9.74. The molecule has 0 aliphatic rings. The minimum atomic E-state index is 0.336. The van der Waals surface area contributed by atoms with Gasteiger partial charge in [-0.25, -0.2) is 0 Å². The summed E-state index contributed by atoms with van der Waals surface area (Å²) in [6.45, 7) is 13.7. The molecule has 1 heteroatoms. The third kappa shape index (κ3) is 4.45. The number of rotatable bonds is 7. The lowest BCUT2D eigenvalue weighted by molar-refractivity contribution is 0.207. The van der Waals surface area contributed by atoms with E-state index in [1.54, 1.807) is 0 Å². The average molecular weight is 247 g/mol. The maximum Gasteiger partial charge on any atom is 0.00108 e. The van der Waals surface area contributed by atoms with Crippen LogP contribution >= 0.6 is 0 Å². The summed E-state index contributed by atoms with van der Waals surface area (Å²) in [5, 5.41) is 3.59. The molecule has 1 nitrogen and oxygen atoms in total. The van der Waals surface area contributed by atoms with Gasteiger partial charge in [-0.2, -0.15) is 0 Å². The molecule has 0 fully saturated rings. The Hall–Kier alpha value is -0.820. The van der Waals surface area contributed by atoms with Gasteiger partial charge in [-0.15, -0.1) is 0 Å². The lowest BCUT2D eigenvalue weighted by Gasteiger charge is -2.34. The number of hydrogen-bond acceptors (Lipinski definition) is 1. The molecule has 0 heterocycles. The molecule has 0 bridgehead atoms. The van der Waals surface area contributed by atoms with Crippen LogP contribution in [0.1, 0.15) is 45.2 Å². The minimum absolute atomic E-state index is 0.336.